The number of aliphatic imine (C=N–C) groups is 1. The number of alkyl carbamates (subject to hydrolysis) is 1. The molecule has 3 aromatic rings. The first-order valence-electron chi connectivity index (χ1n) is 25.6. The third-order valence-electron chi connectivity index (χ3n) is 12.2. The van der Waals surface area contributed by atoms with Gasteiger partial charge in [-0.25, -0.2) is 14.2 Å². The van der Waals surface area contributed by atoms with Crippen molar-refractivity contribution in [2.75, 3.05) is 33.9 Å². The maximum Gasteiger partial charge on any atom is 0.407 e. The second-order valence-electron chi connectivity index (χ2n) is 19.4. The summed E-state index contributed by atoms with van der Waals surface area (Å²) in [4.78, 5) is 57.5. The number of H-pyrrole nitrogens is 1. The Labute approximate surface area is 430 Å². The number of allylic oxidation sites excluding steroid dienone is 2. The van der Waals surface area contributed by atoms with Crippen LogP contribution in [-0.2, 0) is 36.7 Å². The minimum atomic E-state index is -0.467. The molecule has 1 fully saturated rings. The van der Waals surface area contributed by atoms with Gasteiger partial charge in [0.15, 0.2) is 0 Å². The first-order valence-corrected chi connectivity index (χ1v) is 25.6. The average Bonchev–Trinajstić information content (AvgIpc) is 4.18. The van der Waals surface area contributed by atoms with E-state index in [9.17, 15) is 14.4 Å². The van der Waals surface area contributed by atoms with E-state index in [-0.39, 0.29) is 60.6 Å². The van der Waals surface area contributed by atoms with Crippen molar-refractivity contribution in [1.82, 2.24) is 30.8 Å². The first kappa shape index (κ1) is 62.0. The van der Waals surface area contributed by atoms with E-state index in [4.69, 9.17) is 19.3 Å². The van der Waals surface area contributed by atoms with E-state index in [1.807, 2.05) is 38.1 Å². The number of nitrogens with one attached hydrogen (secondary N) is 4. The summed E-state index contributed by atoms with van der Waals surface area (Å²) in [7, 11) is 2.90. The number of Topliss-reactive ketones (excluding diaryl/α,β-unsaturated/α-hetero) is 1. The van der Waals surface area contributed by atoms with Crippen LogP contribution in [0.5, 0.6) is 0 Å². The maximum absolute atomic E-state index is 16.8. The summed E-state index contributed by atoms with van der Waals surface area (Å²) in [6, 6.07) is 9.78. The van der Waals surface area contributed by atoms with Gasteiger partial charge in [0.1, 0.15) is 30.2 Å². The van der Waals surface area contributed by atoms with E-state index in [2.05, 4.69) is 123 Å². The summed E-state index contributed by atoms with van der Waals surface area (Å²) < 4.78 is 26.8. The Morgan fingerprint density at radius 1 is 0.986 bits per heavy atom. The fourth-order valence-electron chi connectivity index (χ4n) is 8.20. The highest BCUT2D eigenvalue weighted by molar-refractivity contribution is 5.99. The lowest BCUT2D eigenvalue weighted by Crippen LogP contribution is -2.52. The topological polar surface area (TPSA) is 193 Å². The number of ketones is 1. The van der Waals surface area contributed by atoms with E-state index in [1.54, 1.807) is 6.07 Å². The van der Waals surface area contributed by atoms with Gasteiger partial charge in [0.05, 0.1) is 37.3 Å². The highest BCUT2D eigenvalue weighted by Gasteiger charge is 2.37. The molecule has 4 unspecified atom stereocenters. The highest BCUT2D eigenvalue weighted by atomic mass is 19.1. The summed E-state index contributed by atoms with van der Waals surface area (Å²) in [6.07, 6.45) is 14.5. The number of nitrogens with two attached hydrogens (primary N) is 1. The fraction of sp³-hybridized carbons (Fsp3) is 0.544. The lowest BCUT2D eigenvalue weighted by atomic mass is 9.86. The van der Waals surface area contributed by atoms with Gasteiger partial charge in [0.2, 0.25) is 12.3 Å². The van der Waals surface area contributed by atoms with Crippen molar-refractivity contribution in [3.05, 3.63) is 93.8 Å². The Kier molecular flexibility index (Phi) is 27.6. The van der Waals surface area contributed by atoms with E-state index < -0.39 is 6.09 Å². The number of aromatic nitrogens is 2. The predicted molar refractivity (Wildman–Crippen MR) is 292 cm³/mol. The molecule has 6 N–H and O–H groups in total. The molecule has 2 aromatic carbocycles. The number of carbonyl (C=O) groups excluding carboxylic acids is 4. The number of aryl methyl sites for hydroxylation is 1. The van der Waals surface area contributed by atoms with Gasteiger partial charge < -0.3 is 45.8 Å². The fourth-order valence-corrected chi connectivity index (χ4v) is 8.20. The number of likely N-dealkylation sites (tertiary alicyclic amines) is 1. The molecule has 1 aromatic heterocycles. The van der Waals surface area contributed by atoms with Crippen LogP contribution in [0.25, 0.3) is 28.6 Å². The molecule has 398 valence electrons. The first-order chi connectivity index (χ1) is 34.2. The van der Waals surface area contributed by atoms with Crippen LogP contribution in [0.4, 0.5) is 9.18 Å². The van der Waals surface area contributed by atoms with Gasteiger partial charge in [-0.1, -0.05) is 99.8 Å². The SMILES string of the molecule is CC(C)=O.CCC.CCCC.COCC(=O)N1CCCC1C1NC=C(c2cc(F)c(/C(C)=C/c3cc(-c4cnc(CC(NC(=O)OC)C(C)C)[nH]4)ccc3C)c(CC(C)C3=CC(C(C)C)=NC3)c2)N1.NC=O. The minimum Gasteiger partial charge on any atom is -0.453 e. The van der Waals surface area contributed by atoms with Crippen LogP contribution < -0.4 is 21.7 Å². The Bertz CT molecular complexity index is 2330. The summed E-state index contributed by atoms with van der Waals surface area (Å²) in [5, 5.41) is 9.92. The smallest absolute Gasteiger partial charge is 0.407 e. The molecule has 6 rings (SSSR count). The number of hydrogen-bond donors (Lipinski definition) is 5. The summed E-state index contributed by atoms with van der Waals surface area (Å²) in [5.41, 5.74) is 14.3. The van der Waals surface area contributed by atoms with Gasteiger partial charge in [0.25, 0.3) is 0 Å². The van der Waals surface area contributed by atoms with E-state index in [0.29, 0.717) is 37.4 Å². The predicted octanol–water partition coefficient (Wildman–Crippen LogP) is 10.6. The molecule has 0 radical (unpaired) electrons. The number of ether oxygens (including phenoxy) is 2. The van der Waals surface area contributed by atoms with Crippen LogP contribution in [0.2, 0.25) is 0 Å². The number of primary amides is 1. The van der Waals surface area contributed by atoms with Gasteiger partial charge in [-0.2, -0.15) is 0 Å². The van der Waals surface area contributed by atoms with Gasteiger partial charge in [0, 0.05) is 54.7 Å². The Hall–Kier alpha value is -6.09. The molecule has 1 saturated heterocycles. The molecule has 3 aliphatic rings. The number of halogens is 1. The van der Waals surface area contributed by atoms with Crippen molar-refractivity contribution in [1.29, 1.82) is 0 Å². The molecule has 4 atom stereocenters. The molecular formula is C57H87FN8O6. The number of rotatable bonds is 16. The number of nitrogens with zero attached hydrogens (tertiary/aromatic N) is 3. The Morgan fingerprint density at radius 3 is 2.21 bits per heavy atom. The normalized spacial score (nSPS) is 16.6. The van der Waals surface area contributed by atoms with Crippen molar-refractivity contribution in [3.63, 3.8) is 0 Å². The number of aromatic amines is 1. The van der Waals surface area contributed by atoms with Crippen molar-refractivity contribution in [2.45, 2.75) is 153 Å². The second-order valence-corrected chi connectivity index (χ2v) is 19.4. The maximum atomic E-state index is 16.8. The molecule has 3 amide bonds. The standard InChI is InChI=1S/C46H60FN7O4.C4H10.C3H6O.C3H8.CH3NO/c1-26(2)37-20-35(22-48-37)29(6)15-34-18-33(40-24-50-45(52-40)41-11-10-14-54(41)43(55)25-57-8)19-36(47)44(34)30(7)16-32-17-31(13-12-28(32)5)39-23-49-42(51-39)21-38(27(3)4)53-46(56)58-9;1-3-4-2;1-3(2)4;1-3-2;2-1-3/h12-13,16-20,23-24,26-27,29,38,41,45,50,52H,10-11,14-15,21-22,25H2,1-9H3,(H,49,51)(H,53,56);3-4H2,1-2H3;1-2H3;3H2,1-2H3;1H,(H2,2,3)/b30-16+;;;;. The highest BCUT2D eigenvalue weighted by Crippen LogP contribution is 2.34. The molecule has 14 nitrogen and oxygen atoms in total. The second kappa shape index (κ2) is 32.1. The van der Waals surface area contributed by atoms with Crippen LogP contribution in [-0.4, -0.2) is 96.9 Å². The molecule has 72 heavy (non-hydrogen) atoms. The van der Waals surface area contributed by atoms with Crippen molar-refractivity contribution >= 4 is 47.3 Å². The van der Waals surface area contributed by atoms with E-state index in [1.165, 1.54) is 52.9 Å². The van der Waals surface area contributed by atoms with Crippen molar-refractivity contribution in [3.8, 4) is 11.3 Å². The summed E-state index contributed by atoms with van der Waals surface area (Å²) >= 11 is 0. The van der Waals surface area contributed by atoms with E-state index in [0.717, 1.165) is 69.2 Å². The van der Waals surface area contributed by atoms with Gasteiger partial charge in [-0.15, -0.1) is 0 Å². The van der Waals surface area contributed by atoms with Crippen molar-refractivity contribution in [2.24, 2.45) is 28.5 Å². The van der Waals surface area contributed by atoms with E-state index >= 15 is 4.39 Å². The molecule has 0 aliphatic carbocycles. The lowest BCUT2D eigenvalue weighted by molar-refractivity contribution is -0.136. The number of methoxy groups -OCH3 is 2. The molecule has 0 bridgehead atoms. The van der Waals surface area contributed by atoms with Crippen molar-refractivity contribution < 1.29 is 33.0 Å². The lowest BCUT2D eigenvalue weighted by Gasteiger charge is -2.30. The number of imidazole rings is 1. The average molecular weight is 999 g/mol. The minimum absolute atomic E-state index is 0.0262. The molecule has 0 spiro atoms. The van der Waals surface area contributed by atoms with Gasteiger partial charge >= 0.3 is 6.09 Å². The monoisotopic (exact) mass is 999 g/mol. The number of amides is 3. The molecule has 0 saturated carbocycles. The van der Waals surface area contributed by atoms with Crippen LogP contribution in [0.15, 0.2) is 59.4 Å². The van der Waals surface area contributed by atoms with Crippen LogP contribution >= 0.6 is 0 Å². The molecule has 15 heteroatoms. The zero-order valence-corrected chi connectivity index (χ0v) is 46.1. The molecule has 4 heterocycles. The number of carbonyl (C=O) groups is 4. The zero-order valence-electron chi connectivity index (χ0n) is 46.1. The van der Waals surface area contributed by atoms with Crippen LogP contribution in [0.3, 0.4) is 0 Å². The number of hydrogen-bond acceptors (Lipinski definition) is 10. The Morgan fingerprint density at radius 2 is 1.64 bits per heavy atom. The Balaban J connectivity index is 0.00000113. The third-order valence-corrected chi connectivity index (χ3v) is 12.2. The summed E-state index contributed by atoms with van der Waals surface area (Å²) in [6.45, 7) is 27.7. The molecule has 3 aliphatic heterocycles. The quantitative estimate of drug-likeness (QED) is 0.0686. The largest absolute Gasteiger partial charge is 0.453 e. The van der Waals surface area contributed by atoms with Crippen LogP contribution in [0.1, 0.15) is 149 Å². The number of unbranched alkanes of at least 4 members (excludes halogenated alkanes) is 1. The van der Waals surface area contributed by atoms with Crippen LogP contribution in [0, 0.1) is 30.5 Å². The number of benzene rings is 2. The van der Waals surface area contributed by atoms with Gasteiger partial charge in [-0.05, 0) is 117 Å². The zero-order chi connectivity index (χ0) is 54.1. The van der Waals surface area contributed by atoms with Gasteiger partial charge in [-0.3, -0.25) is 14.6 Å². The third kappa shape index (κ3) is 19.5. The summed E-state index contributed by atoms with van der Waals surface area (Å²) in [5.74, 6) is 1.29. The molecular weight excluding hydrogens is 912 g/mol.